The van der Waals surface area contributed by atoms with Crippen molar-refractivity contribution in [2.24, 2.45) is 0 Å². The number of benzene rings is 2. The maximum Gasteiger partial charge on any atom is 0.295 e. The highest BCUT2D eigenvalue weighted by Gasteiger charge is 2.47. The van der Waals surface area contributed by atoms with Crippen LogP contribution in [0, 0.1) is 5.82 Å². The Kier molecular flexibility index (Phi) is 7.15. The van der Waals surface area contributed by atoms with E-state index in [2.05, 4.69) is 0 Å². The number of ketones is 1. The average Bonchev–Trinajstić information content (AvgIpc) is 3.03. The fourth-order valence-electron chi connectivity index (χ4n) is 3.81. The molecular weight excluding hydrogens is 415 g/mol. The molecule has 2 aromatic carbocycles. The van der Waals surface area contributed by atoms with Crippen LogP contribution in [0.3, 0.4) is 0 Å². The summed E-state index contributed by atoms with van der Waals surface area (Å²) in [5.41, 5.74) is 0.683. The average molecular weight is 442 g/mol. The largest absolute Gasteiger partial charge is 0.507 e. The van der Waals surface area contributed by atoms with Crippen LogP contribution >= 0.6 is 0 Å². The van der Waals surface area contributed by atoms with Gasteiger partial charge in [-0.2, -0.15) is 0 Å². The Labute approximate surface area is 186 Å². The van der Waals surface area contributed by atoms with Gasteiger partial charge in [0.25, 0.3) is 11.7 Å². The van der Waals surface area contributed by atoms with Gasteiger partial charge in [0, 0.05) is 17.7 Å². The lowest BCUT2D eigenvalue weighted by Gasteiger charge is -2.27. The molecule has 1 unspecified atom stereocenters. The predicted octanol–water partition coefficient (Wildman–Crippen LogP) is 3.22. The summed E-state index contributed by atoms with van der Waals surface area (Å²) in [6, 6.07) is 9.30. The number of carbonyl (C=O) groups excluding carboxylic acids is 2. The van der Waals surface area contributed by atoms with Gasteiger partial charge in [0.15, 0.2) is 0 Å². The highest BCUT2D eigenvalue weighted by atomic mass is 19.1. The number of halogens is 1. The van der Waals surface area contributed by atoms with Crippen LogP contribution in [0.4, 0.5) is 4.39 Å². The van der Waals surface area contributed by atoms with Crippen molar-refractivity contribution in [2.75, 3.05) is 41.4 Å². The third kappa shape index (κ3) is 4.60. The SMILES string of the molecule is COc1ccc(OC)c(C2/C(=C(/O)c3ccc(F)cc3)C(=O)C(=O)N2CCCN(C)C)c1. The van der Waals surface area contributed by atoms with Crippen molar-refractivity contribution in [1.29, 1.82) is 0 Å². The molecule has 32 heavy (non-hydrogen) atoms. The number of amides is 1. The van der Waals surface area contributed by atoms with Gasteiger partial charge in [0.2, 0.25) is 0 Å². The molecule has 170 valence electrons. The Morgan fingerprint density at radius 3 is 2.38 bits per heavy atom. The van der Waals surface area contributed by atoms with Crippen LogP contribution in [0.5, 0.6) is 11.5 Å². The number of hydrogen-bond donors (Lipinski definition) is 1. The highest BCUT2D eigenvalue weighted by molar-refractivity contribution is 6.46. The summed E-state index contributed by atoms with van der Waals surface area (Å²) in [5.74, 6) is -1.39. The summed E-state index contributed by atoms with van der Waals surface area (Å²) in [6.07, 6.45) is 0.624. The summed E-state index contributed by atoms with van der Waals surface area (Å²) in [4.78, 5) is 29.5. The van der Waals surface area contributed by atoms with Crippen LogP contribution in [0.15, 0.2) is 48.0 Å². The van der Waals surface area contributed by atoms with E-state index in [4.69, 9.17) is 9.47 Å². The van der Waals surface area contributed by atoms with Crippen molar-refractivity contribution in [3.8, 4) is 11.5 Å². The molecule has 1 aliphatic rings. The third-order valence-corrected chi connectivity index (χ3v) is 5.39. The minimum Gasteiger partial charge on any atom is -0.507 e. The quantitative estimate of drug-likeness (QED) is 0.384. The molecule has 0 spiro atoms. The summed E-state index contributed by atoms with van der Waals surface area (Å²) in [5, 5.41) is 11.0. The van der Waals surface area contributed by atoms with E-state index in [9.17, 15) is 19.1 Å². The van der Waals surface area contributed by atoms with Crippen molar-refractivity contribution in [1.82, 2.24) is 9.80 Å². The normalized spacial score (nSPS) is 17.8. The Balaban J connectivity index is 2.18. The van der Waals surface area contributed by atoms with E-state index in [1.807, 2.05) is 19.0 Å². The number of rotatable bonds is 8. The second-order valence-electron chi connectivity index (χ2n) is 7.76. The van der Waals surface area contributed by atoms with Gasteiger partial charge >= 0.3 is 0 Å². The summed E-state index contributed by atoms with van der Waals surface area (Å²) >= 11 is 0. The Bertz CT molecular complexity index is 1030. The molecule has 0 bridgehead atoms. The molecule has 8 heteroatoms. The monoisotopic (exact) mass is 442 g/mol. The van der Waals surface area contributed by atoms with Crippen LogP contribution in [-0.2, 0) is 9.59 Å². The van der Waals surface area contributed by atoms with E-state index in [1.165, 1.54) is 43.4 Å². The molecular formula is C24H27FN2O5. The van der Waals surface area contributed by atoms with Crippen LogP contribution in [-0.4, -0.2) is 68.0 Å². The van der Waals surface area contributed by atoms with Crippen LogP contribution < -0.4 is 9.47 Å². The molecule has 0 aromatic heterocycles. The second-order valence-corrected chi connectivity index (χ2v) is 7.76. The summed E-state index contributed by atoms with van der Waals surface area (Å²) in [6.45, 7) is 1.01. The molecule has 1 amide bonds. The number of aliphatic hydroxyl groups excluding tert-OH is 1. The number of likely N-dealkylation sites (tertiary alicyclic amines) is 1. The topological polar surface area (TPSA) is 79.3 Å². The van der Waals surface area contributed by atoms with E-state index < -0.39 is 23.5 Å². The highest BCUT2D eigenvalue weighted by Crippen LogP contribution is 2.43. The van der Waals surface area contributed by atoms with Crippen LogP contribution in [0.25, 0.3) is 5.76 Å². The number of hydrogen-bond acceptors (Lipinski definition) is 6. The van der Waals surface area contributed by atoms with E-state index >= 15 is 0 Å². The van der Waals surface area contributed by atoms with Gasteiger partial charge < -0.3 is 24.4 Å². The van der Waals surface area contributed by atoms with Crippen LogP contribution in [0.1, 0.15) is 23.6 Å². The maximum atomic E-state index is 13.4. The number of ether oxygens (including phenoxy) is 2. The fourth-order valence-corrected chi connectivity index (χ4v) is 3.81. The first-order chi connectivity index (χ1) is 15.3. The first-order valence-electron chi connectivity index (χ1n) is 10.2. The first-order valence-corrected chi connectivity index (χ1v) is 10.2. The molecule has 1 fully saturated rings. The Morgan fingerprint density at radius 2 is 1.78 bits per heavy atom. The molecule has 1 aliphatic heterocycles. The zero-order valence-electron chi connectivity index (χ0n) is 18.6. The van der Waals surface area contributed by atoms with E-state index in [1.54, 1.807) is 18.2 Å². The molecule has 1 N–H and O–H groups in total. The van der Waals surface area contributed by atoms with E-state index in [0.717, 1.165) is 0 Å². The molecule has 2 aromatic rings. The lowest BCUT2D eigenvalue weighted by molar-refractivity contribution is -0.140. The van der Waals surface area contributed by atoms with Gasteiger partial charge in [-0.05, 0) is 69.5 Å². The lowest BCUT2D eigenvalue weighted by Crippen LogP contribution is -2.32. The molecule has 0 aliphatic carbocycles. The third-order valence-electron chi connectivity index (χ3n) is 5.39. The zero-order chi connectivity index (χ0) is 23.4. The first kappa shape index (κ1) is 23.3. The summed E-state index contributed by atoms with van der Waals surface area (Å²) < 4.78 is 24.2. The van der Waals surface area contributed by atoms with Crippen molar-refractivity contribution in [3.05, 3.63) is 65.0 Å². The molecule has 3 rings (SSSR count). The number of nitrogens with zero attached hydrogens (tertiary/aromatic N) is 2. The fraction of sp³-hybridized carbons (Fsp3) is 0.333. The number of carbonyl (C=O) groups is 2. The molecule has 1 saturated heterocycles. The smallest absolute Gasteiger partial charge is 0.295 e. The van der Waals surface area contributed by atoms with E-state index in [0.29, 0.717) is 36.6 Å². The number of aliphatic hydroxyl groups is 1. The Hall–Kier alpha value is -3.39. The van der Waals surface area contributed by atoms with Gasteiger partial charge in [0.1, 0.15) is 23.1 Å². The van der Waals surface area contributed by atoms with Crippen molar-refractivity contribution in [2.45, 2.75) is 12.5 Å². The Morgan fingerprint density at radius 1 is 1.09 bits per heavy atom. The number of methoxy groups -OCH3 is 2. The van der Waals surface area contributed by atoms with Gasteiger partial charge in [-0.3, -0.25) is 9.59 Å². The summed E-state index contributed by atoms with van der Waals surface area (Å²) in [7, 11) is 6.85. The molecule has 1 atom stereocenters. The van der Waals surface area contributed by atoms with Gasteiger partial charge in [-0.1, -0.05) is 0 Å². The van der Waals surface area contributed by atoms with E-state index in [-0.39, 0.29) is 16.9 Å². The van der Waals surface area contributed by atoms with Crippen molar-refractivity contribution < 1.29 is 28.6 Å². The maximum absolute atomic E-state index is 13.4. The molecule has 1 heterocycles. The minimum atomic E-state index is -0.882. The standard InChI is InChI=1S/C24H27FN2O5/c1-26(2)12-5-13-27-21(18-14-17(31-3)10-11-19(18)32-4)20(23(29)24(27)30)22(28)15-6-8-16(25)9-7-15/h6-11,14,21,28H,5,12-13H2,1-4H3/b22-20-. The predicted molar refractivity (Wildman–Crippen MR) is 118 cm³/mol. The minimum absolute atomic E-state index is 0.0713. The van der Waals surface area contributed by atoms with Crippen molar-refractivity contribution in [3.63, 3.8) is 0 Å². The molecule has 7 nitrogen and oxygen atoms in total. The second kappa shape index (κ2) is 9.82. The lowest BCUT2D eigenvalue weighted by atomic mass is 9.94. The zero-order valence-corrected chi connectivity index (χ0v) is 18.6. The van der Waals surface area contributed by atoms with Gasteiger partial charge in [-0.15, -0.1) is 0 Å². The van der Waals surface area contributed by atoms with Crippen LogP contribution in [0.2, 0.25) is 0 Å². The van der Waals surface area contributed by atoms with Crippen molar-refractivity contribution >= 4 is 17.4 Å². The van der Waals surface area contributed by atoms with Gasteiger partial charge in [-0.25, -0.2) is 4.39 Å². The molecule has 0 radical (unpaired) electrons. The van der Waals surface area contributed by atoms with Gasteiger partial charge in [0.05, 0.1) is 25.8 Å². The number of Topliss-reactive ketones (excluding diaryl/α,β-unsaturated/α-hetero) is 1. The molecule has 0 saturated carbocycles.